The van der Waals surface area contributed by atoms with Gasteiger partial charge < -0.3 is 4.74 Å². The molecule has 20 heavy (non-hydrogen) atoms. The van der Waals surface area contributed by atoms with Crippen molar-refractivity contribution in [3.63, 3.8) is 0 Å². The number of carbonyl (C=O) groups is 1. The van der Waals surface area contributed by atoms with Crippen LogP contribution in [0.15, 0.2) is 42.0 Å². The topological polar surface area (TPSA) is 50.1 Å². The van der Waals surface area contributed by atoms with E-state index in [0.717, 1.165) is 11.1 Å². The van der Waals surface area contributed by atoms with Crippen molar-refractivity contribution < 1.29 is 9.53 Å². The summed E-state index contributed by atoms with van der Waals surface area (Å²) in [4.78, 5) is 11.6. The largest absolute Gasteiger partial charge is 0.461 e. The summed E-state index contributed by atoms with van der Waals surface area (Å²) in [7, 11) is 0. The number of rotatable bonds is 5. The molecular formula is C17H19NO2. The van der Waals surface area contributed by atoms with Crippen LogP contribution in [0.25, 0.3) is 6.08 Å². The van der Waals surface area contributed by atoms with E-state index >= 15 is 0 Å². The Morgan fingerprint density at radius 3 is 2.70 bits per heavy atom. The zero-order valence-electron chi connectivity index (χ0n) is 12.1. The molecule has 0 radical (unpaired) electrons. The van der Waals surface area contributed by atoms with E-state index in [1.165, 1.54) is 6.08 Å². The predicted octanol–water partition coefficient (Wildman–Crippen LogP) is 3.66. The molecule has 104 valence electrons. The minimum Gasteiger partial charge on any atom is -0.461 e. The molecule has 0 heterocycles. The standard InChI is InChI=1S/C17H19NO2/c1-13(2)12-20-17(19)16(11-18)10-6-9-15-8-5-4-7-14(15)3/h4-10,13H,12H2,1-3H3. The molecule has 0 aliphatic rings. The molecule has 1 aromatic carbocycles. The molecule has 3 nitrogen and oxygen atoms in total. The molecule has 0 fully saturated rings. The van der Waals surface area contributed by atoms with Gasteiger partial charge in [-0.15, -0.1) is 0 Å². The predicted molar refractivity (Wildman–Crippen MR) is 79.7 cm³/mol. The fourth-order valence-electron chi connectivity index (χ4n) is 1.49. The number of carbonyl (C=O) groups excluding carboxylic acids is 1. The van der Waals surface area contributed by atoms with E-state index in [-0.39, 0.29) is 11.5 Å². The maximum Gasteiger partial charge on any atom is 0.348 e. The van der Waals surface area contributed by atoms with Crippen LogP contribution >= 0.6 is 0 Å². The molecular weight excluding hydrogens is 250 g/mol. The number of nitrogens with zero attached hydrogens (tertiary/aromatic N) is 1. The average molecular weight is 269 g/mol. The third-order valence-corrected chi connectivity index (χ3v) is 2.62. The molecule has 0 amide bonds. The van der Waals surface area contributed by atoms with E-state index in [2.05, 4.69) is 0 Å². The molecule has 0 aliphatic carbocycles. The van der Waals surface area contributed by atoms with Crippen LogP contribution in [0.2, 0.25) is 0 Å². The summed E-state index contributed by atoms with van der Waals surface area (Å²) in [6.45, 7) is 6.22. The van der Waals surface area contributed by atoms with Crippen LogP contribution in [0.5, 0.6) is 0 Å². The Morgan fingerprint density at radius 2 is 2.10 bits per heavy atom. The summed E-state index contributed by atoms with van der Waals surface area (Å²) < 4.78 is 5.02. The number of hydrogen-bond donors (Lipinski definition) is 0. The summed E-state index contributed by atoms with van der Waals surface area (Å²) in [6.07, 6.45) is 5.04. The maximum absolute atomic E-state index is 11.6. The number of nitriles is 1. The van der Waals surface area contributed by atoms with Crippen LogP contribution in [0.1, 0.15) is 25.0 Å². The molecule has 0 saturated heterocycles. The quantitative estimate of drug-likeness (QED) is 0.355. The number of benzene rings is 1. The van der Waals surface area contributed by atoms with Crippen LogP contribution in [0.3, 0.4) is 0 Å². The Morgan fingerprint density at radius 1 is 1.40 bits per heavy atom. The fraction of sp³-hybridized carbons (Fsp3) is 0.294. The summed E-state index contributed by atoms with van der Waals surface area (Å²) in [6, 6.07) is 9.75. The first-order valence-electron chi connectivity index (χ1n) is 6.55. The molecule has 0 aliphatic heterocycles. The molecule has 0 N–H and O–H groups in total. The second-order valence-corrected chi connectivity index (χ2v) is 4.90. The first-order valence-corrected chi connectivity index (χ1v) is 6.55. The van der Waals surface area contributed by atoms with Crippen LogP contribution < -0.4 is 0 Å². The van der Waals surface area contributed by atoms with E-state index in [1.807, 2.05) is 57.2 Å². The van der Waals surface area contributed by atoms with Crippen LogP contribution in [0, 0.1) is 24.2 Å². The van der Waals surface area contributed by atoms with Crippen molar-refractivity contribution in [2.24, 2.45) is 5.92 Å². The molecule has 0 atom stereocenters. The van der Waals surface area contributed by atoms with Gasteiger partial charge >= 0.3 is 5.97 Å². The van der Waals surface area contributed by atoms with Crippen molar-refractivity contribution in [2.75, 3.05) is 6.61 Å². The van der Waals surface area contributed by atoms with Crippen LogP contribution in [0.4, 0.5) is 0 Å². The van der Waals surface area contributed by atoms with Gasteiger partial charge in [0.1, 0.15) is 11.6 Å². The van der Waals surface area contributed by atoms with Crippen LogP contribution in [-0.4, -0.2) is 12.6 Å². The van der Waals surface area contributed by atoms with Crippen molar-refractivity contribution in [2.45, 2.75) is 20.8 Å². The smallest absolute Gasteiger partial charge is 0.348 e. The van der Waals surface area contributed by atoms with Gasteiger partial charge in [-0.2, -0.15) is 5.26 Å². The van der Waals surface area contributed by atoms with Crippen molar-refractivity contribution >= 4 is 12.0 Å². The number of esters is 1. The van der Waals surface area contributed by atoms with Gasteiger partial charge in [0.15, 0.2) is 0 Å². The highest BCUT2D eigenvalue weighted by molar-refractivity contribution is 5.93. The van der Waals surface area contributed by atoms with E-state index in [9.17, 15) is 4.79 Å². The van der Waals surface area contributed by atoms with Gasteiger partial charge in [-0.3, -0.25) is 0 Å². The second kappa shape index (κ2) is 7.96. The highest BCUT2D eigenvalue weighted by Crippen LogP contribution is 2.09. The lowest BCUT2D eigenvalue weighted by Crippen LogP contribution is -2.11. The normalized spacial score (nSPS) is 11.7. The van der Waals surface area contributed by atoms with Gasteiger partial charge in [0.2, 0.25) is 0 Å². The van der Waals surface area contributed by atoms with Crippen LogP contribution in [-0.2, 0) is 9.53 Å². The first kappa shape index (κ1) is 15.7. The number of ether oxygens (including phenoxy) is 1. The molecule has 0 spiro atoms. The first-order chi connectivity index (χ1) is 9.54. The molecule has 3 heteroatoms. The lowest BCUT2D eigenvalue weighted by atomic mass is 10.1. The summed E-state index contributed by atoms with van der Waals surface area (Å²) in [5.74, 6) is -0.322. The second-order valence-electron chi connectivity index (χ2n) is 4.90. The Balaban J connectivity index is 2.74. The minimum atomic E-state index is -0.573. The zero-order valence-corrected chi connectivity index (χ0v) is 12.1. The number of allylic oxidation sites excluding steroid dienone is 2. The maximum atomic E-state index is 11.6. The highest BCUT2D eigenvalue weighted by Gasteiger charge is 2.09. The average Bonchev–Trinajstić information content (AvgIpc) is 2.43. The minimum absolute atomic E-state index is 0.00971. The fourth-order valence-corrected chi connectivity index (χ4v) is 1.49. The van der Waals surface area contributed by atoms with Crippen molar-refractivity contribution in [1.29, 1.82) is 5.26 Å². The molecule has 0 bridgehead atoms. The molecule has 1 aromatic rings. The molecule has 1 rings (SSSR count). The third kappa shape index (κ3) is 5.11. The number of hydrogen-bond acceptors (Lipinski definition) is 3. The summed E-state index contributed by atoms with van der Waals surface area (Å²) in [5, 5.41) is 8.96. The van der Waals surface area contributed by atoms with E-state index < -0.39 is 5.97 Å². The van der Waals surface area contributed by atoms with Gasteiger partial charge in [-0.05, 0) is 30.0 Å². The van der Waals surface area contributed by atoms with Gasteiger partial charge in [0.05, 0.1) is 6.61 Å². The molecule has 0 aromatic heterocycles. The Labute approximate surface area is 120 Å². The Bertz CT molecular complexity index is 563. The Hall–Kier alpha value is -2.34. The lowest BCUT2D eigenvalue weighted by molar-refractivity contribution is -0.139. The van der Waals surface area contributed by atoms with Gasteiger partial charge in [0, 0.05) is 0 Å². The number of aryl methyl sites for hydroxylation is 1. The highest BCUT2D eigenvalue weighted by atomic mass is 16.5. The molecule has 0 saturated carbocycles. The van der Waals surface area contributed by atoms with Gasteiger partial charge in [-0.25, -0.2) is 4.79 Å². The van der Waals surface area contributed by atoms with E-state index in [1.54, 1.807) is 6.08 Å². The van der Waals surface area contributed by atoms with E-state index in [4.69, 9.17) is 10.00 Å². The lowest BCUT2D eigenvalue weighted by Gasteiger charge is -2.05. The monoisotopic (exact) mass is 269 g/mol. The van der Waals surface area contributed by atoms with Crippen molar-refractivity contribution in [3.05, 3.63) is 53.1 Å². The van der Waals surface area contributed by atoms with E-state index in [0.29, 0.717) is 6.61 Å². The van der Waals surface area contributed by atoms with Gasteiger partial charge in [0.25, 0.3) is 0 Å². The zero-order chi connectivity index (χ0) is 15.0. The molecule has 0 unspecified atom stereocenters. The van der Waals surface area contributed by atoms with Crippen molar-refractivity contribution in [1.82, 2.24) is 0 Å². The van der Waals surface area contributed by atoms with Crippen molar-refractivity contribution in [3.8, 4) is 6.07 Å². The van der Waals surface area contributed by atoms with Gasteiger partial charge in [-0.1, -0.05) is 50.3 Å². The SMILES string of the molecule is Cc1ccccc1C=CC=C(C#N)C(=O)OCC(C)C. The summed E-state index contributed by atoms with van der Waals surface area (Å²) >= 11 is 0. The third-order valence-electron chi connectivity index (χ3n) is 2.62. The Kier molecular flexibility index (Phi) is 6.25. The summed E-state index contributed by atoms with van der Waals surface area (Å²) in [5.41, 5.74) is 2.20.